The van der Waals surface area contributed by atoms with E-state index < -0.39 is 0 Å². The van der Waals surface area contributed by atoms with Gasteiger partial charge in [0.1, 0.15) is 0 Å². The Bertz CT molecular complexity index is 704. The number of nitrogens with two attached hydrogens (primary N) is 1. The molecule has 0 aliphatic heterocycles. The highest BCUT2D eigenvalue weighted by Gasteiger charge is 2.09. The number of aromatic hydroxyl groups is 1. The summed E-state index contributed by atoms with van der Waals surface area (Å²) >= 11 is 0. The molecule has 0 spiro atoms. The van der Waals surface area contributed by atoms with Gasteiger partial charge in [0, 0.05) is 11.3 Å². The summed E-state index contributed by atoms with van der Waals surface area (Å²) in [5, 5.41) is 13.3. The molecular formula is C19H25N3O2. The number of aliphatic imine (C=N–C) groups is 1. The van der Waals surface area contributed by atoms with Gasteiger partial charge in [0.05, 0.1) is 13.7 Å². The number of hydrogen-bond acceptors (Lipinski definition) is 3. The fourth-order valence-electron chi connectivity index (χ4n) is 2.60. The van der Waals surface area contributed by atoms with Gasteiger partial charge in [0.25, 0.3) is 0 Å². The van der Waals surface area contributed by atoms with E-state index in [1.54, 1.807) is 12.1 Å². The lowest BCUT2D eigenvalue weighted by Gasteiger charge is -2.15. The molecule has 0 saturated heterocycles. The molecule has 0 fully saturated rings. The zero-order valence-electron chi connectivity index (χ0n) is 14.5. The molecule has 2 aromatic rings. The van der Waals surface area contributed by atoms with Crippen molar-refractivity contribution in [3.63, 3.8) is 0 Å². The van der Waals surface area contributed by atoms with Crippen LogP contribution in [0.5, 0.6) is 11.5 Å². The minimum absolute atomic E-state index is 0.0970. The fourth-order valence-corrected chi connectivity index (χ4v) is 2.60. The van der Waals surface area contributed by atoms with E-state index in [0.717, 1.165) is 18.5 Å². The highest BCUT2D eigenvalue weighted by atomic mass is 16.5. The number of anilines is 1. The number of methoxy groups -OCH3 is 1. The van der Waals surface area contributed by atoms with Crippen molar-refractivity contribution in [2.45, 2.75) is 33.2 Å². The Morgan fingerprint density at radius 2 is 1.67 bits per heavy atom. The van der Waals surface area contributed by atoms with E-state index in [0.29, 0.717) is 17.3 Å². The first kappa shape index (κ1) is 17.7. The van der Waals surface area contributed by atoms with Crippen LogP contribution in [0.25, 0.3) is 0 Å². The molecule has 5 nitrogen and oxygen atoms in total. The molecule has 0 aromatic heterocycles. The Morgan fingerprint density at radius 1 is 1.08 bits per heavy atom. The summed E-state index contributed by atoms with van der Waals surface area (Å²) in [4.78, 5) is 4.34. The van der Waals surface area contributed by atoms with Gasteiger partial charge in [-0.15, -0.1) is 0 Å². The third kappa shape index (κ3) is 3.98. The van der Waals surface area contributed by atoms with E-state index in [-0.39, 0.29) is 12.3 Å². The number of aryl methyl sites for hydroxylation is 2. The molecule has 2 aromatic carbocycles. The van der Waals surface area contributed by atoms with Gasteiger partial charge in [-0.1, -0.05) is 44.2 Å². The van der Waals surface area contributed by atoms with Gasteiger partial charge in [0.15, 0.2) is 17.5 Å². The highest BCUT2D eigenvalue weighted by molar-refractivity contribution is 5.93. The maximum atomic E-state index is 10.1. The van der Waals surface area contributed by atoms with Crippen molar-refractivity contribution in [3.8, 4) is 11.5 Å². The Morgan fingerprint density at radius 3 is 2.25 bits per heavy atom. The van der Waals surface area contributed by atoms with Gasteiger partial charge >= 0.3 is 0 Å². The topological polar surface area (TPSA) is 79.9 Å². The Hall–Kier alpha value is -2.69. The third-order valence-corrected chi connectivity index (χ3v) is 3.97. The first-order chi connectivity index (χ1) is 11.6. The number of hydrogen-bond donors (Lipinski definition) is 3. The van der Waals surface area contributed by atoms with Crippen LogP contribution >= 0.6 is 0 Å². The van der Waals surface area contributed by atoms with Crippen LogP contribution in [0.2, 0.25) is 0 Å². The van der Waals surface area contributed by atoms with Gasteiger partial charge in [-0.2, -0.15) is 0 Å². The monoisotopic (exact) mass is 327 g/mol. The number of nitrogens with zero attached hydrogens (tertiary/aromatic N) is 1. The predicted molar refractivity (Wildman–Crippen MR) is 98.8 cm³/mol. The van der Waals surface area contributed by atoms with E-state index >= 15 is 0 Å². The van der Waals surface area contributed by atoms with Crippen molar-refractivity contribution in [1.29, 1.82) is 0 Å². The van der Waals surface area contributed by atoms with Gasteiger partial charge in [-0.3, -0.25) is 0 Å². The molecule has 0 bridgehead atoms. The first-order valence-electron chi connectivity index (χ1n) is 8.13. The van der Waals surface area contributed by atoms with E-state index in [2.05, 4.69) is 42.4 Å². The molecule has 0 unspecified atom stereocenters. The van der Waals surface area contributed by atoms with E-state index in [1.165, 1.54) is 18.2 Å². The first-order valence-corrected chi connectivity index (χ1v) is 8.13. The standard InChI is InChI=1S/C19H25N3O2/c1-4-13-8-6-9-14(5-2)17(13)22-19(20)21-12-15-10-7-11-16(24-3)18(15)23/h6-11,23H,4-5,12H2,1-3H3,(H3,20,21,22). The summed E-state index contributed by atoms with van der Waals surface area (Å²) in [7, 11) is 1.52. The van der Waals surface area contributed by atoms with E-state index in [9.17, 15) is 5.11 Å². The molecule has 0 aliphatic carbocycles. The normalized spacial score (nSPS) is 11.4. The van der Waals surface area contributed by atoms with Gasteiger partial charge in [-0.05, 0) is 30.0 Å². The molecule has 128 valence electrons. The maximum Gasteiger partial charge on any atom is 0.193 e. The molecule has 24 heavy (non-hydrogen) atoms. The Balaban J connectivity index is 2.19. The number of phenols is 1. The number of nitrogens with one attached hydrogen (secondary N) is 1. The maximum absolute atomic E-state index is 10.1. The lowest BCUT2D eigenvalue weighted by Crippen LogP contribution is -2.24. The number of benzene rings is 2. The zero-order chi connectivity index (χ0) is 17.5. The van der Waals surface area contributed by atoms with Gasteiger partial charge < -0.3 is 20.9 Å². The lowest BCUT2D eigenvalue weighted by atomic mass is 10.0. The smallest absolute Gasteiger partial charge is 0.193 e. The minimum atomic E-state index is 0.0970. The summed E-state index contributed by atoms with van der Waals surface area (Å²) in [6, 6.07) is 11.5. The van der Waals surface area contributed by atoms with Crippen LogP contribution < -0.4 is 15.8 Å². The molecule has 2 rings (SSSR count). The van der Waals surface area contributed by atoms with Crippen LogP contribution in [0.3, 0.4) is 0 Å². The van der Waals surface area contributed by atoms with Crippen LogP contribution in [-0.2, 0) is 19.4 Å². The number of rotatable bonds is 6. The Kier molecular flexibility index (Phi) is 6.07. The van der Waals surface area contributed by atoms with Crippen LogP contribution in [0.4, 0.5) is 5.69 Å². The molecule has 0 atom stereocenters. The summed E-state index contributed by atoms with van der Waals surface area (Å²) in [5.74, 6) is 0.853. The van der Waals surface area contributed by atoms with Gasteiger partial charge in [-0.25, -0.2) is 4.99 Å². The quantitative estimate of drug-likeness (QED) is 0.561. The molecule has 0 heterocycles. The summed E-state index contributed by atoms with van der Waals surface area (Å²) in [6.45, 7) is 4.50. The third-order valence-electron chi connectivity index (χ3n) is 3.97. The van der Waals surface area contributed by atoms with Crippen molar-refractivity contribution in [3.05, 3.63) is 53.1 Å². The van der Waals surface area contributed by atoms with Crippen molar-refractivity contribution in [2.24, 2.45) is 10.7 Å². The van der Waals surface area contributed by atoms with E-state index in [4.69, 9.17) is 10.5 Å². The van der Waals surface area contributed by atoms with Crippen molar-refractivity contribution < 1.29 is 9.84 Å². The molecule has 0 amide bonds. The molecule has 0 saturated carbocycles. The van der Waals surface area contributed by atoms with E-state index in [1.807, 2.05) is 6.07 Å². The van der Waals surface area contributed by atoms with Crippen molar-refractivity contribution in [1.82, 2.24) is 0 Å². The summed E-state index contributed by atoms with van der Waals surface area (Å²) in [6.07, 6.45) is 1.83. The summed E-state index contributed by atoms with van der Waals surface area (Å²) < 4.78 is 5.10. The summed E-state index contributed by atoms with van der Waals surface area (Å²) in [5.41, 5.74) is 10.1. The number of para-hydroxylation sites is 2. The van der Waals surface area contributed by atoms with Gasteiger partial charge in [0.2, 0.25) is 0 Å². The molecule has 0 radical (unpaired) electrons. The SMILES string of the molecule is CCc1cccc(CC)c1NC(N)=NCc1cccc(OC)c1O. The van der Waals surface area contributed by atoms with Crippen LogP contribution in [0.1, 0.15) is 30.5 Å². The second-order valence-electron chi connectivity index (χ2n) is 5.45. The number of guanidine groups is 1. The second-order valence-corrected chi connectivity index (χ2v) is 5.45. The lowest BCUT2D eigenvalue weighted by molar-refractivity contribution is 0.370. The number of ether oxygens (including phenoxy) is 1. The minimum Gasteiger partial charge on any atom is -0.504 e. The molecule has 4 N–H and O–H groups in total. The van der Waals surface area contributed by atoms with Crippen LogP contribution in [0.15, 0.2) is 41.4 Å². The second kappa shape index (κ2) is 8.24. The van der Waals surface area contributed by atoms with Crippen molar-refractivity contribution >= 4 is 11.6 Å². The zero-order valence-corrected chi connectivity index (χ0v) is 14.5. The van der Waals surface area contributed by atoms with Crippen LogP contribution in [0, 0.1) is 0 Å². The largest absolute Gasteiger partial charge is 0.504 e. The Labute approximate surface area is 143 Å². The predicted octanol–water partition coefficient (Wildman–Crippen LogP) is 3.45. The van der Waals surface area contributed by atoms with Crippen LogP contribution in [-0.4, -0.2) is 18.2 Å². The van der Waals surface area contributed by atoms with Crippen molar-refractivity contribution in [2.75, 3.05) is 12.4 Å². The average Bonchev–Trinajstić information content (AvgIpc) is 2.61. The number of phenolic OH excluding ortho intramolecular Hbond substituents is 1. The average molecular weight is 327 g/mol. The highest BCUT2D eigenvalue weighted by Crippen LogP contribution is 2.29. The molecule has 5 heteroatoms. The fraction of sp³-hybridized carbons (Fsp3) is 0.316. The molecular weight excluding hydrogens is 302 g/mol. The molecule has 0 aliphatic rings.